The highest BCUT2D eigenvalue weighted by molar-refractivity contribution is 6.45. The van der Waals surface area contributed by atoms with Gasteiger partial charge in [0.1, 0.15) is 12.4 Å². The van der Waals surface area contributed by atoms with Gasteiger partial charge in [-0.25, -0.2) is 14.1 Å². The van der Waals surface area contributed by atoms with Crippen LogP contribution in [0.4, 0.5) is 9.18 Å². The number of carbonyl (C=O) groups is 4. The summed E-state index contributed by atoms with van der Waals surface area (Å²) in [7, 11) is 1.38. The van der Waals surface area contributed by atoms with Crippen LogP contribution in [0.3, 0.4) is 0 Å². The summed E-state index contributed by atoms with van der Waals surface area (Å²) in [5.74, 6) is -3.20. The van der Waals surface area contributed by atoms with Crippen molar-refractivity contribution in [1.82, 2.24) is 14.7 Å². The lowest BCUT2D eigenvalue weighted by molar-refractivity contribution is -0.144. The summed E-state index contributed by atoms with van der Waals surface area (Å²) >= 11 is 5.90. The Morgan fingerprint density at radius 2 is 1.83 bits per heavy atom. The van der Waals surface area contributed by atoms with Gasteiger partial charge in [0.05, 0.1) is 0 Å². The molecule has 24 heavy (non-hydrogen) atoms. The van der Waals surface area contributed by atoms with Crippen molar-refractivity contribution in [3.63, 3.8) is 0 Å². The average Bonchev–Trinajstić information content (AvgIpc) is 2.74. The molecule has 0 aliphatic carbocycles. The van der Waals surface area contributed by atoms with E-state index in [0.717, 1.165) is 9.80 Å². The molecule has 1 aromatic carbocycles. The Labute approximate surface area is 142 Å². The van der Waals surface area contributed by atoms with Gasteiger partial charge in [-0.2, -0.15) is 0 Å². The lowest BCUT2D eigenvalue weighted by Gasteiger charge is -2.21. The molecule has 0 radical (unpaired) electrons. The number of imide groups is 2. The second kappa shape index (κ2) is 6.96. The van der Waals surface area contributed by atoms with E-state index >= 15 is 0 Å². The van der Waals surface area contributed by atoms with E-state index < -0.39 is 36.1 Å². The molecule has 2 rings (SSSR count). The zero-order valence-corrected chi connectivity index (χ0v) is 13.8. The molecular weight excluding hydrogens is 341 g/mol. The molecule has 0 N–H and O–H groups in total. The topological polar surface area (TPSA) is 78.0 Å². The third kappa shape index (κ3) is 3.23. The molecule has 0 saturated carbocycles. The first-order chi connectivity index (χ1) is 11.3. The lowest BCUT2D eigenvalue weighted by Crippen LogP contribution is -2.42. The molecule has 1 heterocycles. The number of urea groups is 1. The van der Waals surface area contributed by atoms with Crippen LogP contribution in [-0.2, 0) is 20.9 Å². The molecule has 0 aromatic heterocycles. The van der Waals surface area contributed by atoms with Gasteiger partial charge in [-0.05, 0) is 19.1 Å². The number of hydrogen-bond donors (Lipinski definition) is 0. The van der Waals surface area contributed by atoms with Gasteiger partial charge in [0, 0.05) is 30.7 Å². The van der Waals surface area contributed by atoms with Gasteiger partial charge in [0.25, 0.3) is 0 Å². The highest BCUT2D eigenvalue weighted by atomic mass is 35.5. The predicted molar refractivity (Wildman–Crippen MR) is 82.4 cm³/mol. The summed E-state index contributed by atoms with van der Waals surface area (Å²) in [6.45, 7) is 0.851. The molecule has 1 fully saturated rings. The van der Waals surface area contributed by atoms with Crippen molar-refractivity contribution in [2.75, 3.05) is 20.1 Å². The highest BCUT2D eigenvalue weighted by Crippen LogP contribution is 2.20. The molecule has 1 aliphatic rings. The largest absolute Gasteiger partial charge is 0.340 e. The van der Waals surface area contributed by atoms with E-state index in [-0.39, 0.29) is 23.7 Å². The number of hydrogen-bond acceptors (Lipinski definition) is 4. The van der Waals surface area contributed by atoms with Crippen LogP contribution in [0.25, 0.3) is 0 Å². The van der Waals surface area contributed by atoms with Crippen molar-refractivity contribution in [2.24, 2.45) is 0 Å². The summed E-state index contributed by atoms with van der Waals surface area (Å²) in [6, 6.07) is 3.31. The van der Waals surface area contributed by atoms with Crippen LogP contribution in [0, 0.1) is 5.82 Å². The Bertz CT molecular complexity index is 704. The highest BCUT2D eigenvalue weighted by Gasteiger charge is 2.44. The van der Waals surface area contributed by atoms with Gasteiger partial charge < -0.3 is 4.90 Å². The van der Waals surface area contributed by atoms with E-state index in [0.29, 0.717) is 4.90 Å². The third-order valence-electron chi connectivity index (χ3n) is 3.63. The minimum Gasteiger partial charge on any atom is -0.340 e. The summed E-state index contributed by atoms with van der Waals surface area (Å²) < 4.78 is 13.8. The zero-order chi connectivity index (χ0) is 18.0. The standard InChI is InChI=1S/C15H15ClFN3O4/c1-3-19-13(22)14(23)20(15(19)24)8-12(21)18(2)7-9-10(16)5-4-6-11(9)17/h4-6H,3,7-8H2,1-2H3. The summed E-state index contributed by atoms with van der Waals surface area (Å²) in [4.78, 5) is 50.0. The van der Waals surface area contributed by atoms with Crippen molar-refractivity contribution in [1.29, 1.82) is 0 Å². The van der Waals surface area contributed by atoms with E-state index in [1.165, 1.54) is 25.2 Å². The number of carbonyl (C=O) groups excluding carboxylic acids is 4. The van der Waals surface area contributed by atoms with Gasteiger partial charge in [-0.15, -0.1) is 0 Å². The van der Waals surface area contributed by atoms with Gasteiger partial charge in [0.15, 0.2) is 0 Å². The smallest absolute Gasteiger partial charge is 0.334 e. The first kappa shape index (κ1) is 17.9. The third-order valence-corrected chi connectivity index (χ3v) is 3.98. The Morgan fingerprint density at radius 3 is 2.38 bits per heavy atom. The number of likely N-dealkylation sites (N-methyl/N-ethyl adjacent to an activating group) is 2. The van der Waals surface area contributed by atoms with E-state index in [9.17, 15) is 23.6 Å². The van der Waals surface area contributed by atoms with E-state index in [2.05, 4.69) is 0 Å². The number of benzene rings is 1. The molecule has 9 heteroatoms. The first-order valence-electron chi connectivity index (χ1n) is 7.12. The quantitative estimate of drug-likeness (QED) is 0.588. The molecular formula is C15H15ClFN3O4. The minimum absolute atomic E-state index is 0.0365. The number of amides is 5. The van der Waals surface area contributed by atoms with Crippen LogP contribution in [0.15, 0.2) is 18.2 Å². The molecule has 1 saturated heterocycles. The molecule has 0 atom stereocenters. The van der Waals surface area contributed by atoms with Crippen molar-refractivity contribution < 1.29 is 23.6 Å². The van der Waals surface area contributed by atoms with Crippen LogP contribution < -0.4 is 0 Å². The van der Waals surface area contributed by atoms with Crippen molar-refractivity contribution in [2.45, 2.75) is 13.5 Å². The van der Waals surface area contributed by atoms with Crippen molar-refractivity contribution in [3.05, 3.63) is 34.6 Å². The maximum absolute atomic E-state index is 13.8. The van der Waals surface area contributed by atoms with E-state index in [1.807, 2.05) is 0 Å². The second-order valence-electron chi connectivity index (χ2n) is 5.17. The van der Waals surface area contributed by atoms with Crippen LogP contribution in [-0.4, -0.2) is 58.6 Å². The van der Waals surface area contributed by atoms with E-state index in [1.54, 1.807) is 6.92 Å². The van der Waals surface area contributed by atoms with Gasteiger partial charge in [0.2, 0.25) is 5.91 Å². The fourth-order valence-corrected chi connectivity index (χ4v) is 2.46. The molecule has 0 spiro atoms. The molecule has 1 aromatic rings. The van der Waals surface area contributed by atoms with Crippen molar-refractivity contribution in [3.8, 4) is 0 Å². The van der Waals surface area contributed by atoms with Gasteiger partial charge in [-0.3, -0.25) is 19.3 Å². The fourth-order valence-electron chi connectivity index (χ4n) is 2.23. The van der Waals surface area contributed by atoms with Crippen LogP contribution in [0.2, 0.25) is 5.02 Å². The predicted octanol–water partition coefficient (Wildman–Crippen LogP) is 1.25. The maximum atomic E-state index is 13.8. The molecule has 1 aliphatic heterocycles. The van der Waals surface area contributed by atoms with E-state index in [4.69, 9.17) is 11.6 Å². The average molecular weight is 356 g/mol. The Morgan fingerprint density at radius 1 is 1.21 bits per heavy atom. The summed E-state index contributed by atoms with van der Waals surface area (Å²) in [5, 5.41) is 0.162. The Balaban J connectivity index is 2.08. The minimum atomic E-state index is -1.05. The molecule has 7 nitrogen and oxygen atoms in total. The Hall–Kier alpha value is -2.48. The number of rotatable bonds is 5. The van der Waals surface area contributed by atoms with Crippen LogP contribution >= 0.6 is 11.6 Å². The van der Waals surface area contributed by atoms with Crippen LogP contribution in [0.1, 0.15) is 12.5 Å². The van der Waals surface area contributed by atoms with Crippen LogP contribution in [0.5, 0.6) is 0 Å². The van der Waals surface area contributed by atoms with Crippen molar-refractivity contribution >= 4 is 35.4 Å². The summed E-state index contributed by atoms with van der Waals surface area (Å²) in [5.41, 5.74) is 0.125. The van der Waals surface area contributed by atoms with Gasteiger partial charge >= 0.3 is 17.8 Å². The molecule has 0 unspecified atom stereocenters. The monoisotopic (exact) mass is 355 g/mol. The second-order valence-corrected chi connectivity index (χ2v) is 5.58. The fraction of sp³-hybridized carbons (Fsp3) is 0.333. The van der Waals surface area contributed by atoms with Gasteiger partial charge in [-0.1, -0.05) is 17.7 Å². The lowest BCUT2D eigenvalue weighted by atomic mass is 10.2. The molecule has 5 amide bonds. The maximum Gasteiger partial charge on any atom is 0.334 e. The zero-order valence-electron chi connectivity index (χ0n) is 13.1. The SMILES string of the molecule is CCN1C(=O)C(=O)N(CC(=O)N(C)Cc2c(F)cccc2Cl)C1=O. The molecule has 0 bridgehead atoms. The number of halogens is 2. The molecule has 128 valence electrons. The normalized spacial score (nSPS) is 14.6. The summed E-state index contributed by atoms with van der Waals surface area (Å²) in [6.07, 6.45) is 0. The number of nitrogens with zero attached hydrogens (tertiary/aromatic N) is 3. The Kier molecular flexibility index (Phi) is 5.18. The first-order valence-corrected chi connectivity index (χ1v) is 7.49.